The molecule has 1 aliphatic carbocycles. The molecule has 5 nitrogen and oxygen atoms in total. The van der Waals surface area contributed by atoms with E-state index in [0.29, 0.717) is 6.42 Å². The van der Waals surface area contributed by atoms with Crippen LogP contribution in [0.25, 0.3) is 17.2 Å². The fourth-order valence-corrected chi connectivity index (χ4v) is 5.27. The number of carbonyl (C=O) groups is 2. The number of pyridine rings is 1. The van der Waals surface area contributed by atoms with Gasteiger partial charge in [0.1, 0.15) is 6.10 Å². The molecule has 0 amide bonds. The second-order valence-corrected chi connectivity index (χ2v) is 8.73. The number of esters is 1. The molecule has 1 aromatic carbocycles. The highest BCUT2D eigenvalue weighted by Crippen LogP contribution is 2.56. The average Bonchev–Trinajstić information content (AvgIpc) is 3.00. The van der Waals surface area contributed by atoms with Gasteiger partial charge in [-0.2, -0.15) is 0 Å². The van der Waals surface area contributed by atoms with Crippen LogP contribution >= 0.6 is 0 Å². The van der Waals surface area contributed by atoms with E-state index >= 15 is 0 Å². The maximum Gasteiger partial charge on any atom is 0.324 e. The van der Waals surface area contributed by atoms with Crippen LogP contribution in [0.1, 0.15) is 32.9 Å². The molecule has 2 aromatic rings. The highest BCUT2D eigenvalue weighted by Gasteiger charge is 2.66. The van der Waals surface area contributed by atoms with E-state index in [-0.39, 0.29) is 23.7 Å². The average molecular weight is 405 g/mol. The molecule has 0 radical (unpaired) electrons. The lowest BCUT2D eigenvalue weighted by molar-refractivity contribution is -0.167. The number of carboxylic acid groups (broad SMARTS) is 1. The van der Waals surface area contributed by atoms with E-state index in [9.17, 15) is 14.7 Å². The number of ether oxygens (including phenoxy) is 1. The number of carbonyl (C=O) groups excluding carboxylic acids is 1. The molecule has 5 heteroatoms. The van der Waals surface area contributed by atoms with Crippen molar-refractivity contribution in [1.29, 1.82) is 0 Å². The van der Waals surface area contributed by atoms with Crippen LogP contribution in [-0.2, 0) is 14.3 Å². The molecule has 1 saturated heterocycles. The lowest BCUT2D eigenvalue weighted by atomic mass is 9.55. The fraction of sp³-hybridized carbons (Fsp3) is 0.400. The number of aliphatic carboxylic acids is 1. The number of hydrogen-bond acceptors (Lipinski definition) is 4. The van der Waals surface area contributed by atoms with Crippen LogP contribution in [0.15, 0.2) is 54.7 Å². The molecule has 0 bridgehead atoms. The van der Waals surface area contributed by atoms with Crippen molar-refractivity contribution in [3.63, 3.8) is 0 Å². The molecule has 1 aliphatic heterocycles. The van der Waals surface area contributed by atoms with E-state index in [4.69, 9.17) is 4.74 Å². The van der Waals surface area contributed by atoms with E-state index in [1.54, 1.807) is 0 Å². The smallest absolute Gasteiger partial charge is 0.324 e. The molecule has 156 valence electrons. The molecule has 6 atom stereocenters. The number of rotatable bonds is 4. The Bertz CT molecular complexity index is 968. The summed E-state index contributed by atoms with van der Waals surface area (Å²) in [7, 11) is 0. The Morgan fingerprint density at radius 1 is 1.13 bits per heavy atom. The summed E-state index contributed by atoms with van der Waals surface area (Å²) in [5.74, 6) is -1.78. The zero-order valence-electron chi connectivity index (χ0n) is 17.5. The molecular weight excluding hydrogens is 378 g/mol. The van der Waals surface area contributed by atoms with Gasteiger partial charge in [0.25, 0.3) is 0 Å². The number of fused-ring (bicyclic) bond motifs is 1. The summed E-state index contributed by atoms with van der Waals surface area (Å²) in [6, 6.07) is 14.0. The Morgan fingerprint density at radius 2 is 1.87 bits per heavy atom. The van der Waals surface area contributed by atoms with Crippen LogP contribution in [0.3, 0.4) is 0 Å². The monoisotopic (exact) mass is 405 g/mol. The molecule has 2 heterocycles. The zero-order valence-corrected chi connectivity index (χ0v) is 17.5. The van der Waals surface area contributed by atoms with Gasteiger partial charge in [-0.3, -0.25) is 14.6 Å². The van der Waals surface area contributed by atoms with Crippen LogP contribution in [0, 0.1) is 29.1 Å². The first-order valence-electron chi connectivity index (χ1n) is 10.5. The van der Waals surface area contributed by atoms with Crippen LogP contribution in [0.4, 0.5) is 0 Å². The second-order valence-electron chi connectivity index (χ2n) is 8.73. The lowest BCUT2D eigenvalue weighted by Gasteiger charge is -2.45. The number of carboxylic acids is 1. The minimum Gasteiger partial charge on any atom is -0.480 e. The van der Waals surface area contributed by atoms with Gasteiger partial charge in [-0.15, -0.1) is 0 Å². The van der Waals surface area contributed by atoms with Crippen molar-refractivity contribution >= 4 is 18.0 Å². The van der Waals surface area contributed by atoms with E-state index in [0.717, 1.165) is 16.8 Å². The molecule has 0 unspecified atom stereocenters. The summed E-state index contributed by atoms with van der Waals surface area (Å²) in [5.41, 5.74) is 1.50. The molecular formula is C25H27NO4. The maximum atomic E-state index is 12.6. The lowest BCUT2D eigenvalue weighted by Crippen LogP contribution is -2.52. The van der Waals surface area contributed by atoms with Crippen molar-refractivity contribution in [3.8, 4) is 11.1 Å². The number of hydrogen-bond donors (Lipinski definition) is 1. The van der Waals surface area contributed by atoms with Crippen molar-refractivity contribution in [2.24, 2.45) is 29.1 Å². The number of cyclic esters (lactones) is 1. The first-order chi connectivity index (χ1) is 14.3. The normalized spacial score (nSPS) is 33.3. The first kappa shape index (κ1) is 20.3. The molecule has 2 fully saturated rings. The predicted octanol–water partition coefficient (Wildman–Crippen LogP) is 4.69. The Labute approximate surface area is 176 Å². The van der Waals surface area contributed by atoms with E-state index < -0.39 is 23.5 Å². The van der Waals surface area contributed by atoms with Crippen molar-refractivity contribution in [2.75, 3.05) is 0 Å². The number of nitrogens with zero attached hydrogens (tertiary/aromatic N) is 1. The minimum atomic E-state index is -1.45. The van der Waals surface area contributed by atoms with Gasteiger partial charge in [-0.25, -0.2) is 0 Å². The highest BCUT2D eigenvalue weighted by atomic mass is 16.6. The number of benzene rings is 1. The van der Waals surface area contributed by atoms with Gasteiger partial charge in [0.05, 0.1) is 5.69 Å². The molecule has 1 N–H and O–H groups in total. The van der Waals surface area contributed by atoms with Crippen LogP contribution in [-0.4, -0.2) is 28.1 Å². The van der Waals surface area contributed by atoms with Crippen molar-refractivity contribution in [3.05, 3.63) is 60.4 Å². The maximum absolute atomic E-state index is 12.6. The minimum absolute atomic E-state index is 0.0816. The van der Waals surface area contributed by atoms with E-state index in [1.165, 1.54) is 0 Å². The molecule has 1 saturated carbocycles. The summed E-state index contributed by atoms with van der Waals surface area (Å²) < 4.78 is 5.45. The third-order valence-corrected chi connectivity index (χ3v) is 7.06. The van der Waals surface area contributed by atoms with Gasteiger partial charge < -0.3 is 9.84 Å². The largest absolute Gasteiger partial charge is 0.480 e. The highest BCUT2D eigenvalue weighted by molar-refractivity contribution is 6.01. The molecule has 30 heavy (non-hydrogen) atoms. The van der Waals surface area contributed by atoms with Crippen molar-refractivity contribution < 1.29 is 19.4 Å². The summed E-state index contributed by atoms with van der Waals surface area (Å²) in [5, 5.41) is 10.00. The Hall–Kier alpha value is -2.95. The molecule has 0 spiro atoms. The van der Waals surface area contributed by atoms with Crippen molar-refractivity contribution in [1.82, 2.24) is 4.98 Å². The quantitative estimate of drug-likeness (QED) is 0.590. The fourth-order valence-electron chi connectivity index (χ4n) is 5.27. The Kier molecular flexibility index (Phi) is 5.22. The Morgan fingerprint density at radius 3 is 2.50 bits per heavy atom. The van der Waals surface area contributed by atoms with Gasteiger partial charge in [0.2, 0.25) is 0 Å². The standard InChI is InChI=1S/C25H27NO4/c1-15-13-25(23(27)28)22(17(3)30-24(25)29)21(16(15)2)12-11-20-10-9-19(14-26-20)18-7-5-4-6-8-18/h4-12,14-17,21-22H,13H2,1-3H3,(H,27,28)/t15-,16+,17+,21-,22-,25+/m0/s1. The van der Waals surface area contributed by atoms with Gasteiger partial charge in [-0.1, -0.05) is 56.3 Å². The Balaban J connectivity index is 1.63. The van der Waals surface area contributed by atoms with Gasteiger partial charge >= 0.3 is 11.9 Å². The topological polar surface area (TPSA) is 76.5 Å². The zero-order chi connectivity index (χ0) is 21.5. The summed E-state index contributed by atoms with van der Waals surface area (Å²) in [6.07, 6.45) is 5.72. The third kappa shape index (κ3) is 3.22. The third-order valence-electron chi connectivity index (χ3n) is 7.06. The van der Waals surface area contributed by atoms with Gasteiger partial charge in [0.15, 0.2) is 5.41 Å². The summed E-state index contributed by atoms with van der Waals surface area (Å²) >= 11 is 0. The van der Waals surface area contributed by atoms with E-state index in [1.807, 2.05) is 74.7 Å². The molecule has 1 aromatic heterocycles. The second kappa shape index (κ2) is 7.71. The number of aromatic nitrogens is 1. The van der Waals surface area contributed by atoms with Gasteiger partial charge in [-0.05, 0) is 48.8 Å². The van der Waals surface area contributed by atoms with Crippen LogP contribution in [0.5, 0.6) is 0 Å². The van der Waals surface area contributed by atoms with E-state index in [2.05, 4.69) is 11.9 Å². The first-order valence-corrected chi connectivity index (χ1v) is 10.5. The van der Waals surface area contributed by atoms with Gasteiger partial charge in [0, 0.05) is 17.7 Å². The summed E-state index contributed by atoms with van der Waals surface area (Å²) in [4.78, 5) is 29.4. The van der Waals surface area contributed by atoms with Crippen LogP contribution in [0.2, 0.25) is 0 Å². The summed E-state index contributed by atoms with van der Waals surface area (Å²) in [6.45, 7) is 5.96. The molecule has 4 rings (SSSR count). The van der Waals surface area contributed by atoms with Crippen molar-refractivity contribution in [2.45, 2.75) is 33.3 Å². The molecule has 2 aliphatic rings. The number of allylic oxidation sites excluding steroid dienone is 1. The van der Waals surface area contributed by atoms with Crippen LogP contribution < -0.4 is 0 Å². The predicted molar refractivity (Wildman–Crippen MR) is 114 cm³/mol. The SMILES string of the molecule is C[C@H]1[C@H](C=Cc2ccc(-c3ccccc3)cn2)[C@@H]2[C@@H](C)OC(=O)[C@]2(C(=O)O)C[C@@H]1C.